The van der Waals surface area contributed by atoms with Gasteiger partial charge < -0.3 is 5.32 Å². The molecule has 0 saturated heterocycles. The monoisotopic (exact) mass is 404 g/mol. The molecule has 0 unspecified atom stereocenters. The fraction of sp³-hybridized carbons (Fsp3) is 0.280. The maximum Gasteiger partial charge on any atom is 0.252 e. The predicted molar refractivity (Wildman–Crippen MR) is 120 cm³/mol. The van der Waals surface area contributed by atoms with Gasteiger partial charge in [-0.15, -0.1) is 0 Å². The molecule has 3 aromatic rings. The Morgan fingerprint density at radius 2 is 1.90 bits per heavy atom. The van der Waals surface area contributed by atoms with Crippen LogP contribution in [-0.2, 0) is 0 Å². The zero-order valence-corrected chi connectivity index (χ0v) is 17.4. The highest BCUT2D eigenvalue weighted by atomic mass is 35.5. The van der Waals surface area contributed by atoms with Crippen molar-refractivity contribution >= 4 is 28.4 Å². The molecule has 0 spiro atoms. The SMILES string of the molecule is Cc1c(-c2ccc(Cl)cc2)nc2ccccc2c1C(=O)NCCC1=CCCCC1. The summed E-state index contributed by atoms with van der Waals surface area (Å²) in [7, 11) is 0. The van der Waals surface area contributed by atoms with Crippen molar-refractivity contribution in [2.24, 2.45) is 0 Å². The molecule has 1 aromatic heterocycles. The van der Waals surface area contributed by atoms with Crippen LogP contribution >= 0.6 is 11.6 Å². The van der Waals surface area contributed by atoms with E-state index in [1.807, 2.05) is 55.5 Å². The van der Waals surface area contributed by atoms with Gasteiger partial charge in [-0.3, -0.25) is 4.79 Å². The molecule has 1 aliphatic rings. The second kappa shape index (κ2) is 8.79. The summed E-state index contributed by atoms with van der Waals surface area (Å²) in [4.78, 5) is 18.0. The van der Waals surface area contributed by atoms with Crippen LogP contribution < -0.4 is 5.32 Å². The quantitative estimate of drug-likeness (QED) is 0.494. The van der Waals surface area contributed by atoms with Crippen LogP contribution in [0.25, 0.3) is 22.2 Å². The van der Waals surface area contributed by atoms with Gasteiger partial charge in [0.05, 0.1) is 16.8 Å². The summed E-state index contributed by atoms with van der Waals surface area (Å²) in [6.45, 7) is 2.64. The van der Waals surface area contributed by atoms with Crippen molar-refractivity contribution in [2.45, 2.75) is 39.0 Å². The van der Waals surface area contributed by atoms with Gasteiger partial charge in [-0.1, -0.05) is 53.6 Å². The van der Waals surface area contributed by atoms with Crippen molar-refractivity contribution in [2.75, 3.05) is 6.54 Å². The second-order valence-electron chi connectivity index (χ2n) is 7.60. The first-order valence-electron chi connectivity index (χ1n) is 10.2. The molecule has 2 aromatic carbocycles. The topological polar surface area (TPSA) is 42.0 Å². The molecule has 0 atom stereocenters. The van der Waals surface area contributed by atoms with E-state index >= 15 is 0 Å². The van der Waals surface area contributed by atoms with Crippen LogP contribution in [0.1, 0.15) is 48.0 Å². The number of para-hydroxylation sites is 1. The summed E-state index contributed by atoms with van der Waals surface area (Å²) >= 11 is 6.05. The van der Waals surface area contributed by atoms with Crippen LogP contribution in [0.2, 0.25) is 5.02 Å². The standard InChI is InChI=1S/C25H25ClN2O/c1-17-23(25(29)27-16-15-18-7-3-2-4-8-18)21-9-5-6-10-22(21)28-24(17)19-11-13-20(26)14-12-19/h5-7,9-14H,2-4,8,15-16H2,1H3,(H,27,29). The number of halogens is 1. The Hall–Kier alpha value is -2.65. The van der Waals surface area contributed by atoms with Crippen LogP contribution in [0.3, 0.4) is 0 Å². The molecule has 148 valence electrons. The van der Waals surface area contributed by atoms with Gasteiger partial charge >= 0.3 is 0 Å². The molecule has 1 N–H and O–H groups in total. The highest BCUT2D eigenvalue weighted by molar-refractivity contribution is 6.30. The number of nitrogens with one attached hydrogen (secondary N) is 1. The van der Waals surface area contributed by atoms with Gasteiger partial charge in [0.1, 0.15) is 0 Å². The number of hydrogen-bond donors (Lipinski definition) is 1. The first-order chi connectivity index (χ1) is 14.1. The Kier molecular flexibility index (Phi) is 5.96. The summed E-state index contributed by atoms with van der Waals surface area (Å²) in [5.41, 5.74) is 5.66. The minimum atomic E-state index is -0.0345. The highest BCUT2D eigenvalue weighted by Gasteiger charge is 2.18. The molecule has 3 nitrogen and oxygen atoms in total. The number of aromatic nitrogens is 1. The van der Waals surface area contributed by atoms with E-state index in [9.17, 15) is 4.79 Å². The Morgan fingerprint density at radius 1 is 1.10 bits per heavy atom. The van der Waals surface area contributed by atoms with E-state index in [0.29, 0.717) is 17.1 Å². The molecule has 4 heteroatoms. The zero-order valence-electron chi connectivity index (χ0n) is 16.7. The summed E-state index contributed by atoms with van der Waals surface area (Å²) < 4.78 is 0. The zero-order chi connectivity index (χ0) is 20.2. The van der Waals surface area contributed by atoms with Crippen LogP contribution in [0.15, 0.2) is 60.2 Å². The minimum absolute atomic E-state index is 0.0345. The molecule has 1 heterocycles. The molecule has 0 radical (unpaired) electrons. The number of allylic oxidation sites excluding steroid dienone is 1. The molecule has 1 aliphatic carbocycles. The van der Waals surface area contributed by atoms with Crippen molar-refractivity contribution in [1.29, 1.82) is 0 Å². The number of carbonyl (C=O) groups excluding carboxylic acids is 1. The Labute approximate surface area is 176 Å². The van der Waals surface area contributed by atoms with Gasteiger partial charge in [-0.05, 0) is 62.8 Å². The van der Waals surface area contributed by atoms with Gasteiger partial charge in [0.15, 0.2) is 0 Å². The first kappa shape index (κ1) is 19.7. The number of pyridine rings is 1. The van der Waals surface area contributed by atoms with E-state index in [1.54, 1.807) is 0 Å². The summed E-state index contributed by atoms with van der Waals surface area (Å²) in [5, 5.41) is 4.71. The third kappa shape index (κ3) is 4.35. The first-order valence-corrected chi connectivity index (χ1v) is 10.6. The van der Waals surface area contributed by atoms with E-state index in [4.69, 9.17) is 16.6 Å². The maximum atomic E-state index is 13.2. The van der Waals surface area contributed by atoms with E-state index in [1.165, 1.54) is 24.8 Å². The summed E-state index contributed by atoms with van der Waals surface area (Å²) in [6.07, 6.45) is 8.14. The van der Waals surface area contributed by atoms with Crippen molar-refractivity contribution in [3.05, 3.63) is 76.3 Å². The van der Waals surface area contributed by atoms with Gasteiger partial charge in [-0.25, -0.2) is 4.98 Å². The molecule has 0 bridgehead atoms. The number of fused-ring (bicyclic) bond motifs is 1. The van der Waals surface area contributed by atoms with E-state index in [0.717, 1.165) is 40.6 Å². The molecule has 29 heavy (non-hydrogen) atoms. The van der Waals surface area contributed by atoms with E-state index < -0.39 is 0 Å². The van der Waals surface area contributed by atoms with Crippen molar-refractivity contribution in [3.8, 4) is 11.3 Å². The number of nitrogens with zero attached hydrogens (tertiary/aromatic N) is 1. The van der Waals surface area contributed by atoms with Crippen molar-refractivity contribution < 1.29 is 4.79 Å². The Balaban J connectivity index is 1.66. The van der Waals surface area contributed by atoms with Crippen LogP contribution in [0.5, 0.6) is 0 Å². The Morgan fingerprint density at radius 3 is 2.66 bits per heavy atom. The molecule has 0 aliphatic heterocycles. The maximum absolute atomic E-state index is 13.2. The minimum Gasteiger partial charge on any atom is -0.352 e. The number of amides is 1. The summed E-state index contributed by atoms with van der Waals surface area (Å²) in [5.74, 6) is -0.0345. The molecule has 1 amide bonds. The normalized spacial score (nSPS) is 13.9. The summed E-state index contributed by atoms with van der Waals surface area (Å²) in [6, 6.07) is 15.4. The van der Waals surface area contributed by atoms with Gasteiger partial charge in [0.2, 0.25) is 0 Å². The fourth-order valence-corrected chi connectivity index (χ4v) is 4.17. The molecular formula is C25H25ClN2O. The van der Waals surface area contributed by atoms with Crippen LogP contribution in [0.4, 0.5) is 0 Å². The van der Waals surface area contributed by atoms with Gasteiger partial charge in [0.25, 0.3) is 5.91 Å². The lowest BCUT2D eigenvalue weighted by Crippen LogP contribution is -2.26. The number of rotatable bonds is 5. The molecular weight excluding hydrogens is 380 g/mol. The van der Waals surface area contributed by atoms with Crippen LogP contribution in [0, 0.1) is 6.92 Å². The average molecular weight is 405 g/mol. The lowest BCUT2D eigenvalue weighted by molar-refractivity contribution is 0.0955. The van der Waals surface area contributed by atoms with Crippen molar-refractivity contribution in [1.82, 2.24) is 10.3 Å². The smallest absolute Gasteiger partial charge is 0.252 e. The lowest BCUT2D eigenvalue weighted by Gasteiger charge is -2.16. The predicted octanol–water partition coefficient (Wildman–Crippen LogP) is 6.48. The third-order valence-corrected chi connectivity index (χ3v) is 5.85. The van der Waals surface area contributed by atoms with Gasteiger partial charge in [0, 0.05) is 22.5 Å². The second-order valence-corrected chi connectivity index (χ2v) is 8.03. The number of hydrogen-bond acceptors (Lipinski definition) is 2. The van der Waals surface area contributed by atoms with Crippen LogP contribution in [-0.4, -0.2) is 17.4 Å². The van der Waals surface area contributed by atoms with Crippen molar-refractivity contribution in [3.63, 3.8) is 0 Å². The van der Waals surface area contributed by atoms with Gasteiger partial charge in [-0.2, -0.15) is 0 Å². The molecule has 4 rings (SSSR count). The third-order valence-electron chi connectivity index (χ3n) is 5.60. The molecule has 0 saturated carbocycles. The Bertz CT molecular complexity index is 1070. The largest absolute Gasteiger partial charge is 0.352 e. The molecule has 0 fully saturated rings. The number of benzene rings is 2. The highest BCUT2D eigenvalue weighted by Crippen LogP contribution is 2.30. The fourth-order valence-electron chi connectivity index (χ4n) is 4.05. The van der Waals surface area contributed by atoms with E-state index in [2.05, 4.69) is 11.4 Å². The average Bonchev–Trinajstić information content (AvgIpc) is 2.74. The lowest BCUT2D eigenvalue weighted by atomic mass is 9.96. The van der Waals surface area contributed by atoms with E-state index in [-0.39, 0.29) is 5.91 Å². The number of carbonyl (C=O) groups is 1.